The maximum atomic E-state index is 13.9. The van der Waals surface area contributed by atoms with Gasteiger partial charge in [0, 0.05) is 18.2 Å². The summed E-state index contributed by atoms with van der Waals surface area (Å²) in [7, 11) is 4.59. The molecule has 28 heavy (non-hydrogen) atoms. The predicted octanol–water partition coefficient (Wildman–Crippen LogP) is 4.04. The summed E-state index contributed by atoms with van der Waals surface area (Å²) >= 11 is 0. The van der Waals surface area contributed by atoms with Crippen LogP contribution in [0.15, 0.2) is 52.9 Å². The summed E-state index contributed by atoms with van der Waals surface area (Å²) < 4.78 is 35.3. The molecule has 0 bridgehead atoms. The molecule has 146 valence electrons. The first kappa shape index (κ1) is 19.3. The van der Waals surface area contributed by atoms with Gasteiger partial charge in [0.25, 0.3) is 5.91 Å². The van der Waals surface area contributed by atoms with Gasteiger partial charge in [0.2, 0.25) is 0 Å². The van der Waals surface area contributed by atoms with Crippen molar-refractivity contribution in [2.24, 2.45) is 0 Å². The van der Waals surface area contributed by atoms with Crippen LogP contribution in [-0.2, 0) is 6.54 Å². The van der Waals surface area contributed by atoms with Crippen LogP contribution in [0.5, 0.6) is 17.2 Å². The Morgan fingerprint density at radius 2 is 1.64 bits per heavy atom. The SMILES string of the molecule is COc1cc(OC)c(OC)cc1CNC(=O)c1ccc(-c2ccccc2F)o1. The molecule has 1 heterocycles. The average molecular weight is 385 g/mol. The second kappa shape index (κ2) is 8.47. The highest BCUT2D eigenvalue weighted by Gasteiger charge is 2.16. The van der Waals surface area contributed by atoms with Crippen LogP contribution in [0.1, 0.15) is 16.1 Å². The first-order valence-electron chi connectivity index (χ1n) is 8.49. The zero-order valence-corrected chi connectivity index (χ0v) is 15.7. The number of furan rings is 1. The van der Waals surface area contributed by atoms with Gasteiger partial charge in [0.15, 0.2) is 17.3 Å². The highest BCUT2D eigenvalue weighted by molar-refractivity contribution is 5.92. The molecule has 0 spiro atoms. The molecular formula is C21H20FNO5. The monoisotopic (exact) mass is 385 g/mol. The molecule has 1 N–H and O–H groups in total. The fourth-order valence-electron chi connectivity index (χ4n) is 2.76. The lowest BCUT2D eigenvalue weighted by atomic mass is 10.1. The van der Waals surface area contributed by atoms with E-state index in [0.29, 0.717) is 28.4 Å². The fourth-order valence-corrected chi connectivity index (χ4v) is 2.76. The molecule has 2 aromatic carbocycles. The standard InChI is InChI=1S/C21H20FNO5/c1-25-18-11-20(27-3)19(26-2)10-13(18)12-23-21(24)17-9-8-16(28-17)14-6-4-5-7-15(14)22/h4-11H,12H2,1-3H3,(H,23,24). The lowest BCUT2D eigenvalue weighted by molar-refractivity contribution is 0.0923. The number of methoxy groups -OCH3 is 3. The summed E-state index contributed by atoms with van der Waals surface area (Å²) in [5.41, 5.74) is 0.998. The molecule has 0 atom stereocenters. The number of hydrogen-bond acceptors (Lipinski definition) is 5. The molecule has 0 aliphatic heterocycles. The normalized spacial score (nSPS) is 10.4. The predicted molar refractivity (Wildman–Crippen MR) is 101 cm³/mol. The molecule has 0 saturated carbocycles. The third-order valence-electron chi connectivity index (χ3n) is 4.20. The number of hydrogen-bond donors (Lipinski definition) is 1. The smallest absolute Gasteiger partial charge is 0.287 e. The van der Waals surface area contributed by atoms with Gasteiger partial charge in [-0.15, -0.1) is 0 Å². The average Bonchev–Trinajstić information content (AvgIpc) is 3.21. The third kappa shape index (κ3) is 3.93. The summed E-state index contributed by atoms with van der Waals surface area (Å²) in [6.07, 6.45) is 0. The van der Waals surface area contributed by atoms with Gasteiger partial charge in [0.05, 0.1) is 26.9 Å². The molecular weight excluding hydrogens is 365 g/mol. The first-order chi connectivity index (χ1) is 13.6. The van der Waals surface area contributed by atoms with Gasteiger partial charge in [0.1, 0.15) is 17.3 Å². The van der Waals surface area contributed by atoms with Gasteiger partial charge >= 0.3 is 0 Å². The molecule has 1 amide bonds. The Kier molecular flexibility index (Phi) is 5.84. The van der Waals surface area contributed by atoms with E-state index in [4.69, 9.17) is 18.6 Å². The van der Waals surface area contributed by atoms with Crippen LogP contribution >= 0.6 is 0 Å². The summed E-state index contributed by atoms with van der Waals surface area (Å²) in [5, 5.41) is 2.76. The minimum absolute atomic E-state index is 0.0812. The van der Waals surface area contributed by atoms with E-state index in [2.05, 4.69) is 5.32 Å². The number of amides is 1. The van der Waals surface area contributed by atoms with Gasteiger partial charge in [-0.3, -0.25) is 4.79 Å². The number of carbonyl (C=O) groups excluding carboxylic acids is 1. The number of halogens is 1. The van der Waals surface area contributed by atoms with Crippen molar-refractivity contribution < 1.29 is 27.8 Å². The minimum atomic E-state index is -0.431. The highest BCUT2D eigenvalue weighted by atomic mass is 19.1. The number of ether oxygens (including phenoxy) is 3. The Morgan fingerprint density at radius 3 is 2.32 bits per heavy atom. The van der Waals surface area contributed by atoms with E-state index in [-0.39, 0.29) is 18.1 Å². The molecule has 0 aliphatic carbocycles. The molecule has 0 saturated heterocycles. The molecule has 1 aromatic heterocycles. The topological polar surface area (TPSA) is 69.9 Å². The van der Waals surface area contributed by atoms with Gasteiger partial charge in [-0.25, -0.2) is 4.39 Å². The van der Waals surface area contributed by atoms with E-state index >= 15 is 0 Å². The molecule has 0 unspecified atom stereocenters. The zero-order valence-electron chi connectivity index (χ0n) is 15.7. The van der Waals surface area contributed by atoms with Crippen molar-refractivity contribution in [1.82, 2.24) is 5.32 Å². The molecule has 3 rings (SSSR count). The van der Waals surface area contributed by atoms with Crippen LogP contribution in [0, 0.1) is 5.82 Å². The summed E-state index contributed by atoms with van der Waals surface area (Å²) in [4.78, 5) is 12.4. The number of nitrogens with one attached hydrogen (secondary N) is 1. The second-order valence-electron chi connectivity index (χ2n) is 5.85. The first-order valence-corrected chi connectivity index (χ1v) is 8.49. The van der Waals surface area contributed by atoms with Crippen molar-refractivity contribution in [3.8, 4) is 28.6 Å². The van der Waals surface area contributed by atoms with Crippen molar-refractivity contribution in [2.45, 2.75) is 6.54 Å². The molecule has 0 radical (unpaired) electrons. The van der Waals surface area contributed by atoms with E-state index in [1.54, 1.807) is 36.4 Å². The Hall–Kier alpha value is -3.48. The number of carbonyl (C=O) groups is 1. The maximum Gasteiger partial charge on any atom is 0.287 e. The summed E-state index contributed by atoms with van der Waals surface area (Å²) in [5.74, 6) is 1.11. The lowest BCUT2D eigenvalue weighted by Gasteiger charge is -2.14. The van der Waals surface area contributed by atoms with Crippen LogP contribution in [0.4, 0.5) is 4.39 Å². The van der Waals surface area contributed by atoms with Gasteiger partial charge < -0.3 is 23.9 Å². The van der Waals surface area contributed by atoms with E-state index in [1.807, 2.05) is 0 Å². The summed E-state index contributed by atoms with van der Waals surface area (Å²) in [6, 6.07) is 12.7. The molecule has 6 nitrogen and oxygen atoms in total. The van der Waals surface area contributed by atoms with E-state index in [1.165, 1.54) is 33.5 Å². The van der Waals surface area contributed by atoms with Crippen LogP contribution in [0.25, 0.3) is 11.3 Å². The van der Waals surface area contributed by atoms with Crippen molar-refractivity contribution in [1.29, 1.82) is 0 Å². The minimum Gasteiger partial charge on any atom is -0.496 e. The largest absolute Gasteiger partial charge is 0.496 e. The van der Waals surface area contributed by atoms with Crippen LogP contribution in [0.2, 0.25) is 0 Å². The van der Waals surface area contributed by atoms with Crippen LogP contribution in [0.3, 0.4) is 0 Å². The Balaban J connectivity index is 1.75. The second-order valence-corrected chi connectivity index (χ2v) is 5.85. The van der Waals surface area contributed by atoms with Crippen molar-refractivity contribution in [2.75, 3.05) is 21.3 Å². The van der Waals surface area contributed by atoms with Gasteiger partial charge in [-0.05, 0) is 30.3 Å². The Bertz CT molecular complexity index is 983. The third-order valence-corrected chi connectivity index (χ3v) is 4.20. The Morgan fingerprint density at radius 1 is 0.964 bits per heavy atom. The van der Waals surface area contributed by atoms with Gasteiger partial charge in [-0.2, -0.15) is 0 Å². The molecule has 0 aliphatic rings. The van der Waals surface area contributed by atoms with Crippen LogP contribution in [-0.4, -0.2) is 27.2 Å². The number of rotatable bonds is 7. The quantitative estimate of drug-likeness (QED) is 0.665. The molecule has 7 heteroatoms. The van der Waals surface area contributed by atoms with E-state index < -0.39 is 11.7 Å². The summed E-state index contributed by atoms with van der Waals surface area (Å²) in [6.45, 7) is 0.179. The number of benzene rings is 2. The van der Waals surface area contributed by atoms with Crippen molar-refractivity contribution in [3.05, 3.63) is 65.7 Å². The van der Waals surface area contributed by atoms with Crippen molar-refractivity contribution >= 4 is 5.91 Å². The lowest BCUT2D eigenvalue weighted by Crippen LogP contribution is -2.22. The fraction of sp³-hybridized carbons (Fsp3) is 0.190. The van der Waals surface area contributed by atoms with E-state index in [9.17, 15) is 9.18 Å². The Labute approximate surface area is 161 Å². The van der Waals surface area contributed by atoms with Crippen molar-refractivity contribution in [3.63, 3.8) is 0 Å². The molecule has 0 fully saturated rings. The van der Waals surface area contributed by atoms with Gasteiger partial charge in [-0.1, -0.05) is 12.1 Å². The maximum absolute atomic E-state index is 13.9. The molecule has 3 aromatic rings. The zero-order chi connectivity index (χ0) is 20.1. The van der Waals surface area contributed by atoms with Crippen LogP contribution < -0.4 is 19.5 Å². The van der Waals surface area contributed by atoms with E-state index in [0.717, 1.165) is 0 Å². The highest BCUT2D eigenvalue weighted by Crippen LogP contribution is 2.34.